The first-order chi connectivity index (χ1) is 8.34. The molecule has 1 rings (SSSR count). The molecule has 3 nitrogen and oxygen atoms in total. The normalized spacial score (nSPS) is 16.2. The summed E-state index contributed by atoms with van der Waals surface area (Å²) in [6.07, 6.45) is 9.77. The molecule has 0 aliphatic carbocycles. The van der Waals surface area contributed by atoms with Crippen molar-refractivity contribution in [2.45, 2.75) is 58.3 Å². The Bertz CT molecular complexity index is 200. The average molecular weight is 241 g/mol. The van der Waals surface area contributed by atoms with Crippen LogP contribution < -0.4 is 0 Å². The van der Waals surface area contributed by atoms with Crippen molar-refractivity contribution in [3.05, 3.63) is 0 Å². The molecule has 0 radical (unpaired) electrons. The summed E-state index contributed by atoms with van der Waals surface area (Å²) in [6, 6.07) is 0. The first-order valence-electron chi connectivity index (χ1n) is 7.20. The molecule has 0 saturated carbocycles. The van der Waals surface area contributed by atoms with Crippen LogP contribution in [0.4, 0.5) is 0 Å². The lowest BCUT2D eigenvalue weighted by atomic mass is 10.1. The van der Waals surface area contributed by atoms with E-state index in [4.69, 9.17) is 4.74 Å². The van der Waals surface area contributed by atoms with E-state index in [1.54, 1.807) is 0 Å². The van der Waals surface area contributed by atoms with Crippen LogP contribution in [0.3, 0.4) is 0 Å². The van der Waals surface area contributed by atoms with E-state index in [2.05, 4.69) is 6.92 Å². The molecule has 0 aromatic heterocycles. The second-order valence-corrected chi connectivity index (χ2v) is 4.91. The molecular weight excluding hydrogens is 214 g/mol. The van der Waals surface area contributed by atoms with Gasteiger partial charge in [-0.3, -0.25) is 4.79 Å². The van der Waals surface area contributed by atoms with Crippen LogP contribution in [0.15, 0.2) is 0 Å². The van der Waals surface area contributed by atoms with Gasteiger partial charge in [0.05, 0.1) is 0 Å². The molecule has 0 spiro atoms. The smallest absolute Gasteiger partial charge is 0.248 e. The Kier molecular flexibility index (Phi) is 8.06. The highest BCUT2D eigenvalue weighted by atomic mass is 16.5. The van der Waals surface area contributed by atoms with E-state index in [9.17, 15) is 4.79 Å². The van der Waals surface area contributed by atoms with Crippen molar-refractivity contribution < 1.29 is 9.53 Å². The Labute approximate surface area is 106 Å². The fraction of sp³-hybridized carbons (Fsp3) is 0.929. The van der Waals surface area contributed by atoms with Crippen molar-refractivity contribution in [1.29, 1.82) is 0 Å². The number of hydrogen-bond acceptors (Lipinski definition) is 2. The summed E-state index contributed by atoms with van der Waals surface area (Å²) in [6.45, 7) is 5.10. The van der Waals surface area contributed by atoms with Crippen LogP contribution in [0.2, 0.25) is 0 Å². The summed E-state index contributed by atoms with van der Waals surface area (Å²) >= 11 is 0. The van der Waals surface area contributed by atoms with Gasteiger partial charge in [0, 0.05) is 19.7 Å². The van der Waals surface area contributed by atoms with Gasteiger partial charge in [0.1, 0.15) is 6.61 Å². The monoisotopic (exact) mass is 241 g/mol. The summed E-state index contributed by atoms with van der Waals surface area (Å²) < 4.78 is 5.44. The molecule has 3 heteroatoms. The lowest BCUT2D eigenvalue weighted by Gasteiger charge is -2.26. The Morgan fingerprint density at radius 3 is 2.47 bits per heavy atom. The maximum absolute atomic E-state index is 11.7. The van der Waals surface area contributed by atoms with E-state index in [0.29, 0.717) is 0 Å². The Balaban J connectivity index is 1.92. The third kappa shape index (κ3) is 6.67. The predicted octanol–water partition coefficient (Wildman–Crippen LogP) is 2.99. The first-order valence-corrected chi connectivity index (χ1v) is 7.20. The van der Waals surface area contributed by atoms with Crippen LogP contribution in [-0.2, 0) is 9.53 Å². The molecule has 1 saturated heterocycles. The van der Waals surface area contributed by atoms with E-state index < -0.39 is 0 Å². The number of nitrogens with zero attached hydrogens (tertiary/aromatic N) is 1. The van der Waals surface area contributed by atoms with Crippen molar-refractivity contribution in [2.75, 3.05) is 26.3 Å². The molecule has 1 aliphatic rings. The van der Waals surface area contributed by atoms with Gasteiger partial charge in [-0.15, -0.1) is 0 Å². The molecule has 0 aromatic rings. The Morgan fingerprint density at radius 1 is 1.06 bits per heavy atom. The topological polar surface area (TPSA) is 29.5 Å². The van der Waals surface area contributed by atoms with Gasteiger partial charge in [-0.05, 0) is 25.7 Å². The second-order valence-electron chi connectivity index (χ2n) is 4.91. The Hall–Kier alpha value is -0.570. The van der Waals surface area contributed by atoms with E-state index in [1.165, 1.54) is 32.1 Å². The van der Waals surface area contributed by atoms with Crippen LogP contribution in [0.25, 0.3) is 0 Å². The number of piperidine rings is 1. The fourth-order valence-corrected chi connectivity index (χ4v) is 2.20. The zero-order valence-electron chi connectivity index (χ0n) is 11.2. The van der Waals surface area contributed by atoms with Crippen molar-refractivity contribution in [2.24, 2.45) is 0 Å². The zero-order chi connectivity index (χ0) is 12.3. The van der Waals surface area contributed by atoms with Crippen molar-refractivity contribution >= 4 is 5.91 Å². The number of rotatable bonds is 8. The minimum atomic E-state index is 0.179. The van der Waals surface area contributed by atoms with Crippen LogP contribution in [0.5, 0.6) is 0 Å². The highest BCUT2D eigenvalue weighted by Gasteiger charge is 2.15. The second kappa shape index (κ2) is 9.46. The van der Waals surface area contributed by atoms with E-state index >= 15 is 0 Å². The third-order valence-corrected chi connectivity index (χ3v) is 3.33. The lowest BCUT2D eigenvalue weighted by Crippen LogP contribution is -2.38. The van der Waals surface area contributed by atoms with Gasteiger partial charge < -0.3 is 9.64 Å². The molecular formula is C14H27NO2. The maximum atomic E-state index is 11.7. The number of amides is 1. The minimum absolute atomic E-state index is 0.179. The third-order valence-electron chi connectivity index (χ3n) is 3.33. The van der Waals surface area contributed by atoms with E-state index in [-0.39, 0.29) is 12.5 Å². The molecule has 17 heavy (non-hydrogen) atoms. The van der Waals surface area contributed by atoms with Gasteiger partial charge in [-0.2, -0.15) is 0 Å². The molecule has 1 fully saturated rings. The SMILES string of the molecule is CCCCCCCOCC(=O)N1CCCCC1. The highest BCUT2D eigenvalue weighted by Crippen LogP contribution is 2.09. The zero-order valence-corrected chi connectivity index (χ0v) is 11.2. The number of unbranched alkanes of at least 4 members (excludes halogenated alkanes) is 4. The van der Waals surface area contributed by atoms with Gasteiger partial charge in [0.25, 0.3) is 0 Å². The summed E-state index contributed by atoms with van der Waals surface area (Å²) in [4.78, 5) is 13.7. The van der Waals surface area contributed by atoms with E-state index in [1.807, 2.05) is 4.90 Å². The predicted molar refractivity (Wildman–Crippen MR) is 70.0 cm³/mol. The summed E-state index contributed by atoms with van der Waals surface area (Å²) in [5.74, 6) is 0.179. The molecule has 1 aliphatic heterocycles. The fourth-order valence-electron chi connectivity index (χ4n) is 2.20. The van der Waals surface area contributed by atoms with E-state index in [0.717, 1.165) is 39.0 Å². The van der Waals surface area contributed by atoms with Crippen molar-refractivity contribution in [1.82, 2.24) is 4.90 Å². The molecule has 100 valence electrons. The maximum Gasteiger partial charge on any atom is 0.248 e. The summed E-state index contributed by atoms with van der Waals surface area (Å²) in [5, 5.41) is 0. The summed E-state index contributed by atoms with van der Waals surface area (Å²) in [5.41, 5.74) is 0. The van der Waals surface area contributed by atoms with Gasteiger partial charge >= 0.3 is 0 Å². The van der Waals surface area contributed by atoms with Gasteiger partial charge in [-0.1, -0.05) is 32.6 Å². The van der Waals surface area contributed by atoms with Crippen LogP contribution in [0, 0.1) is 0 Å². The van der Waals surface area contributed by atoms with Gasteiger partial charge in [0.2, 0.25) is 5.91 Å². The Morgan fingerprint density at radius 2 is 1.76 bits per heavy atom. The molecule has 0 N–H and O–H groups in total. The van der Waals surface area contributed by atoms with Crippen molar-refractivity contribution in [3.8, 4) is 0 Å². The van der Waals surface area contributed by atoms with Crippen LogP contribution in [0.1, 0.15) is 58.3 Å². The number of hydrogen-bond donors (Lipinski definition) is 0. The number of ether oxygens (including phenoxy) is 1. The lowest BCUT2D eigenvalue weighted by molar-refractivity contribution is -0.137. The van der Waals surface area contributed by atoms with Gasteiger partial charge in [0.15, 0.2) is 0 Å². The quantitative estimate of drug-likeness (QED) is 0.611. The minimum Gasteiger partial charge on any atom is -0.372 e. The molecule has 1 amide bonds. The molecule has 0 aromatic carbocycles. The standard InChI is InChI=1S/C14H27NO2/c1-2-3-4-5-9-12-17-13-14(16)15-10-7-6-8-11-15/h2-13H2,1H3. The van der Waals surface area contributed by atoms with Crippen LogP contribution >= 0.6 is 0 Å². The average Bonchev–Trinajstić information content (AvgIpc) is 2.38. The highest BCUT2D eigenvalue weighted by molar-refractivity contribution is 5.77. The van der Waals surface area contributed by atoms with Gasteiger partial charge in [-0.25, -0.2) is 0 Å². The number of likely N-dealkylation sites (tertiary alicyclic amines) is 1. The van der Waals surface area contributed by atoms with Crippen molar-refractivity contribution in [3.63, 3.8) is 0 Å². The number of carbonyl (C=O) groups excluding carboxylic acids is 1. The molecule has 0 atom stereocenters. The molecule has 0 unspecified atom stereocenters. The molecule has 0 bridgehead atoms. The largest absolute Gasteiger partial charge is 0.372 e. The molecule has 1 heterocycles. The van der Waals surface area contributed by atoms with Crippen LogP contribution in [-0.4, -0.2) is 37.1 Å². The first kappa shape index (κ1) is 14.5. The number of carbonyl (C=O) groups is 1. The summed E-state index contributed by atoms with van der Waals surface area (Å²) in [7, 11) is 0.